The monoisotopic (exact) mass is 238 g/mol. The lowest BCUT2D eigenvalue weighted by Gasteiger charge is -2.09. The van der Waals surface area contributed by atoms with E-state index in [0.29, 0.717) is 26.9 Å². The van der Waals surface area contributed by atoms with E-state index in [1.165, 1.54) is 18.4 Å². The molecule has 1 heterocycles. The molecule has 0 amide bonds. The number of halogens is 1. The van der Waals surface area contributed by atoms with Crippen LogP contribution in [0.5, 0.6) is 5.75 Å². The standard InChI is InChI=1S/C11H11FN2OS/c1-6-3-4-7(15-2)9(10(6)12)8-5-14-11(13)16-8/h3-5H,1-2H3,(H2,13,14). The highest BCUT2D eigenvalue weighted by atomic mass is 32.1. The van der Waals surface area contributed by atoms with Crippen LogP contribution in [0.15, 0.2) is 18.3 Å². The highest BCUT2D eigenvalue weighted by Gasteiger charge is 2.16. The highest BCUT2D eigenvalue weighted by Crippen LogP contribution is 2.37. The van der Waals surface area contributed by atoms with Gasteiger partial charge in [0.25, 0.3) is 0 Å². The minimum absolute atomic E-state index is 0.289. The smallest absolute Gasteiger partial charge is 0.180 e. The maximum Gasteiger partial charge on any atom is 0.180 e. The maximum absolute atomic E-state index is 14.0. The Morgan fingerprint density at radius 3 is 2.75 bits per heavy atom. The van der Waals surface area contributed by atoms with Crippen LogP contribution in [0.3, 0.4) is 0 Å². The summed E-state index contributed by atoms with van der Waals surface area (Å²) in [5.74, 6) is 0.203. The van der Waals surface area contributed by atoms with Gasteiger partial charge in [0.1, 0.15) is 11.6 Å². The zero-order chi connectivity index (χ0) is 11.7. The van der Waals surface area contributed by atoms with Crippen molar-refractivity contribution in [3.05, 3.63) is 29.7 Å². The number of aromatic nitrogens is 1. The Balaban J connectivity index is 2.66. The van der Waals surface area contributed by atoms with Gasteiger partial charge in [0.2, 0.25) is 0 Å². The Hall–Kier alpha value is -1.62. The van der Waals surface area contributed by atoms with Crippen molar-refractivity contribution in [3.63, 3.8) is 0 Å². The van der Waals surface area contributed by atoms with Crippen molar-refractivity contribution < 1.29 is 9.13 Å². The van der Waals surface area contributed by atoms with Crippen LogP contribution in [0.2, 0.25) is 0 Å². The number of aryl methyl sites for hydroxylation is 1. The number of thiazole rings is 1. The van der Waals surface area contributed by atoms with Gasteiger partial charge in [-0.05, 0) is 18.6 Å². The second-order valence-corrected chi connectivity index (χ2v) is 4.40. The molecule has 2 aromatic rings. The summed E-state index contributed by atoms with van der Waals surface area (Å²) in [6.07, 6.45) is 1.56. The number of rotatable bonds is 2. The fraction of sp³-hybridized carbons (Fsp3) is 0.182. The number of nitrogens with zero attached hydrogens (tertiary/aromatic N) is 1. The molecular weight excluding hydrogens is 227 g/mol. The van der Waals surface area contributed by atoms with E-state index in [2.05, 4.69) is 4.98 Å². The van der Waals surface area contributed by atoms with Crippen LogP contribution in [0, 0.1) is 12.7 Å². The predicted octanol–water partition coefficient (Wildman–Crippen LogP) is 2.85. The molecule has 3 nitrogen and oxygen atoms in total. The zero-order valence-corrected chi connectivity index (χ0v) is 9.77. The van der Waals surface area contributed by atoms with Gasteiger partial charge in [-0.1, -0.05) is 17.4 Å². The first kappa shape index (κ1) is 10.9. The van der Waals surface area contributed by atoms with Crippen LogP contribution in [-0.4, -0.2) is 12.1 Å². The molecule has 0 unspecified atom stereocenters. The van der Waals surface area contributed by atoms with E-state index in [4.69, 9.17) is 10.5 Å². The van der Waals surface area contributed by atoms with E-state index in [9.17, 15) is 4.39 Å². The zero-order valence-electron chi connectivity index (χ0n) is 8.95. The molecule has 2 N–H and O–H groups in total. The first-order chi connectivity index (χ1) is 7.63. The summed E-state index contributed by atoms with van der Waals surface area (Å²) < 4.78 is 19.1. The summed E-state index contributed by atoms with van der Waals surface area (Å²) in [7, 11) is 1.51. The van der Waals surface area contributed by atoms with Gasteiger partial charge in [-0.3, -0.25) is 0 Å². The first-order valence-electron chi connectivity index (χ1n) is 4.68. The summed E-state index contributed by atoms with van der Waals surface area (Å²) in [5.41, 5.74) is 6.54. The molecule has 1 aromatic heterocycles. The Bertz CT molecular complexity index is 525. The van der Waals surface area contributed by atoms with Gasteiger partial charge in [0.15, 0.2) is 5.13 Å². The van der Waals surface area contributed by atoms with Crippen LogP contribution in [0.1, 0.15) is 5.56 Å². The molecular formula is C11H11FN2OS. The number of methoxy groups -OCH3 is 1. The summed E-state index contributed by atoms with van der Waals surface area (Å²) in [6, 6.07) is 3.42. The van der Waals surface area contributed by atoms with Gasteiger partial charge in [0, 0.05) is 6.20 Å². The van der Waals surface area contributed by atoms with Gasteiger partial charge in [0.05, 0.1) is 17.6 Å². The SMILES string of the molecule is COc1ccc(C)c(F)c1-c1cnc(N)s1. The van der Waals surface area contributed by atoms with E-state index in [1.54, 1.807) is 25.3 Å². The number of hydrogen-bond donors (Lipinski definition) is 1. The third kappa shape index (κ3) is 1.74. The first-order valence-corrected chi connectivity index (χ1v) is 5.50. The molecule has 0 radical (unpaired) electrons. The molecule has 0 saturated carbocycles. The van der Waals surface area contributed by atoms with Crippen LogP contribution in [-0.2, 0) is 0 Å². The summed E-state index contributed by atoms with van der Waals surface area (Å²) in [4.78, 5) is 4.59. The predicted molar refractivity (Wildman–Crippen MR) is 63.2 cm³/mol. The number of anilines is 1. The summed E-state index contributed by atoms with van der Waals surface area (Å²) in [5, 5.41) is 0.415. The number of ether oxygens (including phenoxy) is 1. The minimum Gasteiger partial charge on any atom is -0.496 e. The van der Waals surface area contributed by atoms with Gasteiger partial charge < -0.3 is 10.5 Å². The molecule has 5 heteroatoms. The van der Waals surface area contributed by atoms with Crippen molar-refractivity contribution in [1.82, 2.24) is 4.98 Å². The largest absolute Gasteiger partial charge is 0.496 e. The topological polar surface area (TPSA) is 48.1 Å². The molecule has 0 fully saturated rings. The Labute approximate surface area is 96.7 Å². The molecule has 1 aromatic carbocycles. The Kier molecular flexibility index (Phi) is 2.78. The molecule has 0 saturated heterocycles. The third-order valence-electron chi connectivity index (χ3n) is 2.29. The fourth-order valence-corrected chi connectivity index (χ4v) is 2.19. The molecule has 0 aliphatic heterocycles. The summed E-state index contributed by atoms with van der Waals surface area (Å²) in [6.45, 7) is 1.71. The minimum atomic E-state index is -0.289. The van der Waals surface area contributed by atoms with Crippen molar-refractivity contribution in [2.24, 2.45) is 0 Å². The molecule has 0 spiro atoms. The molecule has 0 bridgehead atoms. The lowest BCUT2D eigenvalue weighted by molar-refractivity contribution is 0.413. The van der Waals surface area contributed by atoms with Gasteiger partial charge >= 0.3 is 0 Å². The van der Waals surface area contributed by atoms with Crippen LogP contribution in [0.25, 0.3) is 10.4 Å². The second kappa shape index (κ2) is 4.09. The van der Waals surface area contributed by atoms with Crippen LogP contribution >= 0.6 is 11.3 Å². The average molecular weight is 238 g/mol. The molecule has 84 valence electrons. The number of nitrogens with two attached hydrogens (primary N) is 1. The number of hydrogen-bond acceptors (Lipinski definition) is 4. The molecule has 16 heavy (non-hydrogen) atoms. The van der Waals surface area contributed by atoms with Gasteiger partial charge in [-0.25, -0.2) is 9.37 Å². The number of nitrogen functional groups attached to an aromatic ring is 1. The van der Waals surface area contributed by atoms with Crippen molar-refractivity contribution in [2.75, 3.05) is 12.8 Å². The molecule has 2 rings (SSSR count). The molecule has 0 atom stereocenters. The lowest BCUT2D eigenvalue weighted by atomic mass is 10.1. The van der Waals surface area contributed by atoms with Crippen molar-refractivity contribution >= 4 is 16.5 Å². The average Bonchev–Trinajstić information content (AvgIpc) is 2.68. The molecule has 0 aliphatic carbocycles. The van der Waals surface area contributed by atoms with Crippen molar-refractivity contribution in [2.45, 2.75) is 6.92 Å². The Morgan fingerprint density at radius 1 is 1.44 bits per heavy atom. The van der Waals surface area contributed by atoms with E-state index in [-0.39, 0.29) is 5.82 Å². The van der Waals surface area contributed by atoms with Gasteiger partial charge in [-0.2, -0.15) is 0 Å². The van der Waals surface area contributed by atoms with E-state index in [0.717, 1.165) is 0 Å². The van der Waals surface area contributed by atoms with Crippen LogP contribution in [0.4, 0.5) is 9.52 Å². The van der Waals surface area contributed by atoms with E-state index in [1.807, 2.05) is 0 Å². The Morgan fingerprint density at radius 2 is 2.19 bits per heavy atom. The van der Waals surface area contributed by atoms with E-state index >= 15 is 0 Å². The highest BCUT2D eigenvalue weighted by molar-refractivity contribution is 7.18. The third-order valence-corrected chi connectivity index (χ3v) is 3.13. The summed E-state index contributed by atoms with van der Waals surface area (Å²) >= 11 is 1.24. The second-order valence-electron chi connectivity index (χ2n) is 3.34. The van der Waals surface area contributed by atoms with Gasteiger partial charge in [-0.15, -0.1) is 0 Å². The van der Waals surface area contributed by atoms with Crippen molar-refractivity contribution in [3.8, 4) is 16.2 Å². The van der Waals surface area contributed by atoms with E-state index < -0.39 is 0 Å². The van der Waals surface area contributed by atoms with Crippen LogP contribution < -0.4 is 10.5 Å². The molecule has 0 aliphatic rings. The number of benzene rings is 1. The quantitative estimate of drug-likeness (QED) is 0.875. The van der Waals surface area contributed by atoms with Crippen molar-refractivity contribution in [1.29, 1.82) is 0 Å². The fourth-order valence-electron chi connectivity index (χ4n) is 1.47. The lowest BCUT2D eigenvalue weighted by Crippen LogP contribution is -1.92. The normalized spacial score (nSPS) is 10.4. The maximum atomic E-state index is 14.0.